The topological polar surface area (TPSA) is 56.5 Å². The summed E-state index contributed by atoms with van der Waals surface area (Å²) in [6.45, 7) is 3.70. The number of halogens is 1. The molecule has 5 heteroatoms. The number of hydrogen-bond donors (Lipinski definition) is 0. The summed E-state index contributed by atoms with van der Waals surface area (Å²) in [5.74, 6) is 0.350. The highest BCUT2D eigenvalue weighted by Gasteiger charge is 2.18. The molecule has 21 heavy (non-hydrogen) atoms. The second-order valence-electron chi connectivity index (χ2n) is 4.51. The molecule has 1 heterocycles. The maximum Gasteiger partial charge on any atom is 0.341 e. The summed E-state index contributed by atoms with van der Waals surface area (Å²) in [7, 11) is 0. The van der Waals surface area contributed by atoms with Crippen LogP contribution in [0.1, 0.15) is 39.2 Å². The molecule has 0 aliphatic carbocycles. The Bertz CT molecular complexity index is 655. The van der Waals surface area contributed by atoms with Crippen LogP contribution in [0.2, 0.25) is 5.02 Å². The summed E-state index contributed by atoms with van der Waals surface area (Å²) in [5, 5.41) is 0.574. The maximum absolute atomic E-state index is 12.1. The van der Waals surface area contributed by atoms with Crippen LogP contribution in [-0.4, -0.2) is 18.4 Å². The van der Waals surface area contributed by atoms with Crippen LogP contribution in [0.4, 0.5) is 0 Å². The van der Waals surface area contributed by atoms with Crippen molar-refractivity contribution in [2.75, 3.05) is 6.61 Å². The second-order valence-corrected chi connectivity index (χ2v) is 4.95. The first-order chi connectivity index (χ1) is 10.0. The van der Waals surface area contributed by atoms with Crippen molar-refractivity contribution in [2.24, 2.45) is 0 Å². The van der Waals surface area contributed by atoms with Crippen molar-refractivity contribution in [3.8, 4) is 0 Å². The first-order valence-corrected chi connectivity index (χ1v) is 6.94. The second kappa shape index (κ2) is 6.59. The standard InChI is InChI=1S/C16H15ClO4/c1-3-20-16(19)14-8-13(21-10(14)2)9-15(18)11-4-6-12(17)7-5-11/h4-8H,3,9H2,1-2H3. The minimum Gasteiger partial charge on any atom is -0.465 e. The highest BCUT2D eigenvalue weighted by molar-refractivity contribution is 6.30. The molecule has 1 aromatic carbocycles. The average molecular weight is 307 g/mol. The fourth-order valence-corrected chi connectivity index (χ4v) is 2.06. The minimum atomic E-state index is -0.441. The molecule has 0 aliphatic heterocycles. The van der Waals surface area contributed by atoms with E-state index in [1.165, 1.54) is 0 Å². The fraction of sp³-hybridized carbons (Fsp3) is 0.250. The van der Waals surface area contributed by atoms with Gasteiger partial charge < -0.3 is 9.15 Å². The predicted molar refractivity (Wildman–Crippen MR) is 78.9 cm³/mol. The van der Waals surface area contributed by atoms with Crippen LogP contribution in [0.15, 0.2) is 34.7 Å². The van der Waals surface area contributed by atoms with Gasteiger partial charge in [0.2, 0.25) is 0 Å². The third kappa shape index (κ3) is 3.73. The Morgan fingerprint density at radius 3 is 2.52 bits per heavy atom. The molecule has 110 valence electrons. The number of carbonyl (C=O) groups is 2. The molecule has 0 radical (unpaired) electrons. The zero-order chi connectivity index (χ0) is 15.4. The highest BCUT2D eigenvalue weighted by atomic mass is 35.5. The van der Waals surface area contributed by atoms with Gasteiger partial charge in [-0.1, -0.05) is 11.6 Å². The quantitative estimate of drug-likeness (QED) is 0.622. The molecule has 1 aromatic heterocycles. The van der Waals surface area contributed by atoms with Gasteiger partial charge in [0, 0.05) is 10.6 Å². The van der Waals surface area contributed by atoms with E-state index in [-0.39, 0.29) is 12.2 Å². The number of rotatable bonds is 5. The molecular weight excluding hydrogens is 292 g/mol. The van der Waals surface area contributed by atoms with Crippen molar-refractivity contribution in [3.63, 3.8) is 0 Å². The number of carbonyl (C=O) groups excluding carboxylic acids is 2. The van der Waals surface area contributed by atoms with E-state index in [0.717, 1.165) is 0 Å². The number of ketones is 1. The number of esters is 1. The van der Waals surface area contributed by atoms with E-state index in [0.29, 0.717) is 34.3 Å². The third-order valence-electron chi connectivity index (χ3n) is 2.97. The molecule has 0 bridgehead atoms. The predicted octanol–water partition coefficient (Wildman–Crippen LogP) is 3.84. The first-order valence-electron chi connectivity index (χ1n) is 6.56. The van der Waals surface area contributed by atoms with E-state index in [2.05, 4.69) is 0 Å². The zero-order valence-corrected chi connectivity index (χ0v) is 12.6. The normalized spacial score (nSPS) is 10.4. The molecule has 0 amide bonds. The van der Waals surface area contributed by atoms with Crippen LogP contribution in [0.5, 0.6) is 0 Å². The summed E-state index contributed by atoms with van der Waals surface area (Å²) in [6, 6.07) is 8.19. The largest absolute Gasteiger partial charge is 0.465 e. The Hall–Kier alpha value is -2.07. The van der Waals surface area contributed by atoms with Crippen LogP contribution >= 0.6 is 11.6 Å². The number of Topliss-reactive ketones (excluding diaryl/α,β-unsaturated/α-hetero) is 1. The Kier molecular flexibility index (Phi) is 4.81. The van der Waals surface area contributed by atoms with Crippen LogP contribution in [0.25, 0.3) is 0 Å². The Balaban J connectivity index is 2.13. The third-order valence-corrected chi connectivity index (χ3v) is 3.22. The van der Waals surface area contributed by atoms with Crippen molar-refractivity contribution >= 4 is 23.4 Å². The molecule has 0 atom stereocenters. The van der Waals surface area contributed by atoms with Crippen molar-refractivity contribution in [2.45, 2.75) is 20.3 Å². The molecule has 0 fully saturated rings. The maximum atomic E-state index is 12.1. The molecule has 0 unspecified atom stereocenters. The summed E-state index contributed by atoms with van der Waals surface area (Å²) in [6.07, 6.45) is 0.0852. The Morgan fingerprint density at radius 2 is 1.90 bits per heavy atom. The molecule has 0 spiro atoms. The molecule has 0 aliphatic rings. The van der Waals surface area contributed by atoms with Gasteiger partial charge in [-0.3, -0.25) is 4.79 Å². The van der Waals surface area contributed by atoms with Gasteiger partial charge in [0.05, 0.1) is 13.0 Å². The number of aryl methyl sites for hydroxylation is 1. The summed E-state index contributed by atoms with van der Waals surface area (Å²) >= 11 is 5.78. The lowest BCUT2D eigenvalue weighted by atomic mass is 10.1. The van der Waals surface area contributed by atoms with Gasteiger partial charge in [-0.25, -0.2) is 4.79 Å². The Labute approximate surface area is 127 Å². The Morgan fingerprint density at radius 1 is 1.24 bits per heavy atom. The number of benzene rings is 1. The number of hydrogen-bond acceptors (Lipinski definition) is 4. The van der Waals surface area contributed by atoms with Gasteiger partial charge >= 0.3 is 5.97 Å². The summed E-state index contributed by atoms with van der Waals surface area (Å²) in [4.78, 5) is 23.8. The van der Waals surface area contributed by atoms with Gasteiger partial charge in [-0.05, 0) is 44.2 Å². The molecule has 0 saturated carbocycles. The van der Waals surface area contributed by atoms with Crippen LogP contribution in [0, 0.1) is 6.92 Å². The fourth-order valence-electron chi connectivity index (χ4n) is 1.94. The van der Waals surface area contributed by atoms with Crippen LogP contribution < -0.4 is 0 Å². The smallest absolute Gasteiger partial charge is 0.341 e. The SMILES string of the molecule is CCOC(=O)c1cc(CC(=O)c2ccc(Cl)cc2)oc1C. The molecule has 2 rings (SSSR count). The van der Waals surface area contributed by atoms with Crippen molar-refractivity contribution in [1.29, 1.82) is 0 Å². The van der Waals surface area contributed by atoms with Crippen molar-refractivity contribution in [1.82, 2.24) is 0 Å². The number of furan rings is 1. The lowest BCUT2D eigenvalue weighted by Crippen LogP contribution is -2.05. The van der Waals surface area contributed by atoms with Gasteiger partial charge in [0.25, 0.3) is 0 Å². The van der Waals surface area contributed by atoms with E-state index in [1.54, 1.807) is 44.2 Å². The summed E-state index contributed by atoms with van der Waals surface area (Å²) in [5.41, 5.74) is 0.905. The van der Waals surface area contributed by atoms with E-state index in [9.17, 15) is 9.59 Å². The van der Waals surface area contributed by atoms with Crippen LogP contribution in [-0.2, 0) is 11.2 Å². The van der Waals surface area contributed by atoms with Gasteiger partial charge in [-0.15, -0.1) is 0 Å². The monoisotopic (exact) mass is 306 g/mol. The summed E-state index contributed by atoms with van der Waals surface area (Å²) < 4.78 is 10.4. The van der Waals surface area contributed by atoms with E-state index < -0.39 is 5.97 Å². The molecular formula is C16H15ClO4. The van der Waals surface area contributed by atoms with Gasteiger partial charge in [-0.2, -0.15) is 0 Å². The minimum absolute atomic E-state index is 0.0852. The lowest BCUT2D eigenvalue weighted by molar-refractivity contribution is 0.0524. The number of ether oxygens (including phenoxy) is 1. The van der Waals surface area contributed by atoms with E-state index in [4.69, 9.17) is 20.8 Å². The van der Waals surface area contributed by atoms with Crippen LogP contribution in [0.3, 0.4) is 0 Å². The molecule has 2 aromatic rings. The van der Waals surface area contributed by atoms with Crippen molar-refractivity contribution in [3.05, 3.63) is 58.0 Å². The van der Waals surface area contributed by atoms with Gasteiger partial charge in [0.15, 0.2) is 5.78 Å². The van der Waals surface area contributed by atoms with Gasteiger partial charge in [0.1, 0.15) is 17.1 Å². The lowest BCUT2D eigenvalue weighted by Gasteiger charge is -1.99. The molecule has 4 nitrogen and oxygen atoms in total. The van der Waals surface area contributed by atoms with Crippen molar-refractivity contribution < 1.29 is 18.7 Å². The van der Waals surface area contributed by atoms with E-state index in [1.807, 2.05) is 0 Å². The first kappa shape index (κ1) is 15.3. The average Bonchev–Trinajstić information content (AvgIpc) is 2.80. The highest BCUT2D eigenvalue weighted by Crippen LogP contribution is 2.18. The van der Waals surface area contributed by atoms with E-state index >= 15 is 0 Å². The molecule has 0 N–H and O–H groups in total. The molecule has 0 saturated heterocycles. The zero-order valence-electron chi connectivity index (χ0n) is 11.8.